The predicted octanol–water partition coefficient (Wildman–Crippen LogP) is 3.58. The number of carbonyl (C=O) groups is 1. The highest BCUT2D eigenvalue weighted by Crippen LogP contribution is 2.31. The van der Waals surface area contributed by atoms with Gasteiger partial charge in [-0.3, -0.25) is 14.8 Å². The minimum absolute atomic E-state index is 0.0609. The number of nitrogens with two attached hydrogens (primary N) is 1. The van der Waals surface area contributed by atoms with Gasteiger partial charge in [0.1, 0.15) is 6.54 Å². The summed E-state index contributed by atoms with van der Waals surface area (Å²) in [6.07, 6.45) is -2.79. The highest BCUT2D eigenvalue weighted by atomic mass is 32.2. The number of likely N-dealkylation sites (N-methyl/N-ethyl adjacent to an activating group) is 1. The Balaban J connectivity index is 1.49. The summed E-state index contributed by atoms with van der Waals surface area (Å²) in [5, 5.41) is 12.8. The van der Waals surface area contributed by atoms with E-state index >= 15 is 0 Å². The minimum Gasteiger partial charge on any atom is -0.382 e. The zero-order chi connectivity index (χ0) is 29.8. The minimum atomic E-state index is -4.42. The van der Waals surface area contributed by atoms with Crippen molar-refractivity contribution in [2.24, 2.45) is 5.14 Å². The molecule has 0 saturated carbocycles. The molecule has 1 aliphatic rings. The number of benzene rings is 2. The van der Waals surface area contributed by atoms with Gasteiger partial charge >= 0.3 is 6.18 Å². The first-order valence-corrected chi connectivity index (χ1v) is 14.9. The van der Waals surface area contributed by atoms with Crippen LogP contribution in [0.5, 0.6) is 0 Å². The van der Waals surface area contributed by atoms with Gasteiger partial charge in [-0.1, -0.05) is 12.0 Å². The SMILES string of the molecule is C=S(N)(=O)c1ccc(NCC#Cc2cc3c(NC4CCN(CC(=O)N(C)C)CC4)cccc3n2CC(F)(F)F)cc1. The molecule has 2 heterocycles. The Morgan fingerprint density at radius 3 is 2.46 bits per heavy atom. The number of amides is 1. The summed E-state index contributed by atoms with van der Waals surface area (Å²) in [6.45, 7) is 0.934. The van der Waals surface area contributed by atoms with Gasteiger partial charge in [-0.05, 0) is 67.1 Å². The molecule has 1 atom stereocenters. The van der Waals surface area contributed by atoms with Gasteiger partial charge < -0.3 is 20.1 Å². The van der Waals surface area contributed by atoms with Crippen molar-refractivity contribution < 1.29 is 22.2 Å². The molecule has 41 heavy (non-hydrogen) atoms. The zero-order valence-corrected chi connectivity index (χ0v) is 23.9. The smallest absolute Gasteiger partial charge is 0.382 e. The number of piperidine rings is 1. The number of halogens is 3. The van der Waals surface area contributed by atoms with E-state index in [0.717, 1.165) is 31.6 Å². The molecule has 0 aliphatic carbocycles. The maximum Gasteiger partial charge on any atom is 0.406 e. The molecule has 3 aromatic rings. The molecular formula is C29H35F3N6O2S. The van der Waals surface area contributed by atoms with Crippen LogP contribution in [0.15, 0.2) is 53.4 Å². The quantitative estimate of drug-likeness (QED) is 0.276. The van der Waals surface area contributed by atoms with Gasteiger partial charge in [0.25, 0.3) is 0 Å². The number of rotatable bonds is 8. The first-order chi connectivity index (χ1) is 19.3. The number of hydrogen-bond donors (Lipinski definition) is 3. The Morgan fingerprint density at radius 2 is 1.85 bits per heavy atom. The molecule has 8 nitrogen and oxygen atoms in total. The lowest BCUT2D eigenvalue weighted by Crippen LogP contribution is -2.43. The van der Waals surface area contributed by atoms with E-state index in [0.29, 0.717) is 28.0 Å². The summed E-state index contributed by atoms with van der Waals surface area (Å²) in [7, 11) is 0.669. The van der Waals surface area contributed by atoms with Crippen LogP contribution in [0.3, 0.4) is 0 Å². The number of fused-ring (bicyclic) bond motifs is 1. The van der Waals surface area contributed by atoms with E-state index in [4.69, 9.17) is 5.14 Å². The van der Waals surface area contributed by atoms with Crippen LogP contribution in [0.1, 0.15) is 18.5 Å². The van der Waals surface area contributed by atoms with Gasteiger partial charge in [0.05, 0.1) is 34.0 Å². The molecule has 1 amide bonds. The molecule has 4 rings (SSSR count). The summed E-state index contributed by atoms with van der Waals surface area (Å²) in [6, 6.07) is 13.7. The number of hydrogen-bond acceptors (Lipinski definition) is 5. The molecule has 1 unspecified atom stereocenters. The Morgan fingerprint density at radius 1 is 1.17 bits per heavy atom. The van der Waals surface area contributed by atoms with E-state index in [-0.39, 0.29) is 24.2 Å². The van der Waals surface area contributed by atoms with Crippen LogP contribution in [0, 0.1) is 11.8 Å². The third-order valence-electron chi connectivity index (χ3n) is 6.94. The Labute approximate surface area is 238 Å². The van der Waals surface area contributed by atoms with Crippen molar-refractivity contribution in [1.29, 1.82) is 0 Å². The number of aromatic nitrogens is 1. The molecule has 2 aromatic carbocycles. The number of alkyl halides is 3. The summed E-state index contributed by atoms with van der Waals surface area (Å²) < 4.78 is 53.7. The second-order valence-electron chi connectivity index (χ2n) is 10.4. The number of carbonyl (C=O) groups excluding carboxylic acids is 1. The second kappa shape index (κ2) is 12.5. The van der Waals surface area contributed by atoms with E-state index in [9.17, 15) is 22.2 Å². The van der Waals surface area contributed by atoms with E-state index in [1.54, 1.807) is 61.5 Å². The van der Waals surface area contributed by atoms with Gasteiger partial charge in [-0.15, -0.1) is 0 Å². The first-order valence-electron chi connectivity index (χ1n) is 13.2. The highest BCUT2D eigenvalue weighted by molar-refractivity contribution is 7.98. The molecule has 1 saturated heterocycles. The lowest BCUT2D eigenvalue weighted by Gasteiger charge is -2.33. The molecule has 0 bridgehead atoms. The van der Waals surface area contributed by atoms with Crippen LogP contribution in [-0.4, -0.2) is 82.8 Å². The average Bonchev–Trinajstić information content (AvgIpc) is 3.24. The van der Waals surface area contributed by atoms with Crippen LogP contribution < -0.4 is 15.8 Å². The topological polar surface area (TPSA) is 95.6 Å². The normalized spacial score (nSPS) is 16.0. The van der Waals surface area contributed by atoms with E-state index in [2.05, 4.69) is 33.2 Å². The number of anilines is 2. The molecule has 1 aromatic heterocycles. The van der Waals surface area contributed by atoms with Crippen molar-refractivity contribution in [1.82, 2.24) is 14.4 Å². The molecule has 1 aliphatic heterocycles. The van der Waals surface area contributed by atoms with Crippen molar-refractivity contribution in [2.75, 3.05) is 50.9 Å². The number of nitrogens with zero attached hydrogens (tertiary/aromatic N) is 3. The second-order valence-corrected chi connectivity index (χ2v) is 12.3. The molecule has 220 valence electrons. The molecular weight excluding hydrogens is 553 g/mol. The monoisotopic (exact) mass is 588 g/mol. The van der Waals surface area contributed by atoms with Gasteiger partial charge in [0, 0.05) is 54.9 Å². The third kappa shape index (κ3) is 8.19. The molecule has 4 N–H and O–H groups in total. The fourth-order valence-electron chi connectivity index (χ4n) is 4.74. The zero-order valence-electron chi connectivity index (χ0n) is 23.1. The van der Waals surface area contributed by atoms with Crippen molar-refractivity contribution in [3.05, 3.63) is 54.2 Å². The Kier molecular flexibility index (Phi) is 9.21. The van der Waals surface area contributed by atoms with Crippen LogP contribution in [0.25, 0.3) is 10.9 Å². The molecule has 0 radical (unpaired) electrons. The first kappa shape index (κ1) is 30.3. The summed E-state index contributed by atoms with van der Waals surface area (Å²) in [5.41, 5.74) is 2.17. The molecule has 0 spiro atoms. The van der Waals surface area contributed by atoms with E-state index < -0.39 is 22.4 Å². The van der Waals surface area contributed by atoms with Crippen LogP contribution in [-0.2, 0) is 21.0 Å². The van der Waals surface area contributed by atoms with Gasteiger partial charge in [-0.25, -0.2) is 4.21 Å². The Hall–Kier alpha value is -3.66. The van der Waals surface area contributed by atoms with Gasteiger partial charge in [0.2, 0.25) is 5.91 Å². The lowest BCUT2D eigenvalue weighted by molar-refractivity contribution is -0.140. The van der Waals surface area contributed by atoms with Crippen LogP contribution >= 0.6 is 0 Å². The maximum atomic E-state index is 13.5. The van der Waals surface area contributed by atoms with Crippen molar-refractivity contribution in [3.8, 4) is 11.8 Å². The predicted molar refractivity (Wildman–Crippen MR) is 159 cm³/mol. The van der Waals surface area contributed by atoms with Crippen molar-refractivity contribution >= 4 is 43.8 Å². The number of nitrogens with one attached hydrogen (secondary N) is 2. The summed E-state index contributed by atoms with van der Waals surface area (Å²) >= 11 is 0. The summed E-state index contributed by atoms with van der Waals surface area (Å²) in [4.78, 5) is 16.1. The summed E-state index contributed by atoms with van der Waals surface area (Å²) in [5.74, 6) is 9.32. The largest absolute Gasteiger partial charge is 0.406 e. The van der Waals surface area contributed by atoms with Gasteiger partial charge in [0.15, 0.2) is 0 Å². The van der Waals surface area contributed by atoms with Crippen LogP contribution in [0.2, 0.25) is 0 Å². The van der Waals surface area contributed by atoms with Gasteiger partial charge in [-0.2, -0.15) is 13.2 Å². The highest BCUT2D eigenvalue weighted by Gasteiger charge is 2.30. The lowest BCUT2D eigenvalue weighted by atomic mass is 10.0. The number of likely N-dealkylation sites (tertiary alicyclic amines) is 1. The Bertz CT molecular complexity index is 1550. The van der Waals surface area contributed by atoms with Crippen LogP contribution in [0.4, 0.5) is 24.5 Å². The van der Waals surface area contributed by atoms with Crippen molar-refractivity contribution in [2.45, 2.75) is 36.5 Å². The fraction of sp³-hybridized carbons (Fsp3) is 0.379. The standard InChI is InChI=1S/C29H35F3N6O2S/c1-36(2)28(39)19-37-16-13-22(14-17-37)35-26-7-4-8-27-25(26)18-23(38(27)20-29(30,31)32)6-5-15-34-21-9-11-24(12-10-21)41(3,33)40/h4,7-12,18,22,34-35H,3,13-17,19-20H2,1-2H3,(H2,33,40). The molecule has 1 fully saturated rings. The van der Waals surface area contributed by atoms with Crippen molar-refractivity contribution in [3.63, 3.8) is 0 Å². The fourth-order valence-corrected chi connectivity index (χ4v) is 5.33. The third-order valence-corrected chi connectivity index (χ3v) is 8.01. The molecule has 12 heteroatoms. The maximum absolute atomic E-state index is 13.5. The van der Waals surface area contributed by atoms with E-state index in [1.165, 1.54) is 4.57 Å². The average molecular weight is 589 g/mol. The van der Waals surface area contributed by atoms with E-state index in [1.807, 2.05) is 6.07 Å².